The van der Waals surface area contributed by atoms with Crippen LogP contribution in [0.2, 0.25) is 0 Å². The first kappa shape index (κ1) is 15.2. The van der Waals surface area contributed by atoms with E-state index in [0.717, 1.165) is 34.1 Å². The lowest BCUT2D eigenvalue weighted by Gasteiger charge is -2.04. The molecule has 4 heterocycles. The van der Waals surface area contributed by atoms with Crippen molar-refractivity contribution < 1.29 is 0 Å². The lowest BCUT2D eigenvalue weighted by molar-refractivity contribution is 0.777. The zero-order chi connectivity index (χ0) is 15.1. The summed E-state index contributed by atoms with van der Waals surface area (Å²) in [7, 11) is 1.98. The quantitative estimate of drug-likeness (QED) is 0.626. The minimum Gasteiger partial charge on any atom is -0.337 e. The summed E-state index contributed by atoms with van der Waals surface area (Å²) in [5, 5.41) is 8.32. The Morgan fingerprint density at radius 2 is 2.09 bits per heavy atom. The first-order valence-electron chi connectivity index (χ1n) is 7.02. The maximum Gasteiger partial charge on any atom is 0.181 e. The summed E-state index contributed by atoms with van der Waals surface area (Å²) < 4.78 is 4.05. The predicted octanol–water partition coefficient (Wildman–Crippen LogP) is 2.33. The second-order valence-corrected chi connectivity index (χ2v) is 5.24. The molecule has 0 aromatic carbocycles. The molecule has 0 aliphatic rings. The summed E-state index contributed by atoms with van der Waals surface area (Å²) >= 11 is 0. The highest BCUT2D eigenvalue weighted by molar-refractivity contribution is 5.85. The van der Waals surface area contributed by atoms with E-state index in [2.05, 4.69) is 29.7 Å². The number of halogens is 1. The van der Waals surface area contributed by atoms with Crippen LogP contribution in [0, 0.1) is 6.92 Å². The van der Waals surface area contributed by atoms with Crippen LogP contribution in [0.1, 0.15) is 11.5 Å². The van der Waals surface area contributed by atoms with Gasteiger partial charge >= 0.3 is 0 Å². The Labute approximate surface area is 138 Å². The molecule has 0 atom stereocenters. The van der Waals surface area contributed by atoms with Gasteiger partial charge in [0.05, 0.1) is 12.2 Å². The molecule has 0 saturated carbocycles. The van der Waals surface area contributed by atoms with E-state index in [9.17, 15) is 0 Å². The van der Waals surface area contributed by atoms with Crippen molar-refractivity contribution in [1.29, 1.82) is 0 Å². The summed E-state index contributed by atoms with van der Waals surface area (Å²) in [5.74, 6) is 1.80. The molecule has 7 nitrogen and oxygen atoms in total. The van der Waals surface area contributed by atoms with Crippen molar-refractivity contribution in [3.8, 4) is 11.5 Å². The Hall–Kier alpha value is -2.67. The average Bonchev–Trinajstić information content (AvgIpc) is 3.21. The lowest BCUT2D eigenvalue weighted by atomic mass is 10.2. The van der Waals surface area contributed by atoms with Crippen molar-refractivity contribution in [2.45, 2.75) is 13.5 Å². The number of nitrogens with one attached hydrogen (secondary N) is 1. The van der Waals surface area contributed by atoms with E-state index in [4.69, 9.17) is 0 Å². The van der Waals surface area contributed by atoms with Gasteiger partial charge < -0.3 is 9.13 Å². The second-order valence-electron chi connectivity index (χ2n) is 5.24. The number of aromatic amines is 1. The van der Waals surface area contributed by atoms with Crippen LogP contribution in [0.3, 0.4) is 0 Å². The fourth-order valence-corrected chi connectivity index (χ4v) is 2.53. The number of H-pyrrole nitrogens is 1. The van der Waals surface area contributed by atoms with Crippen LogP contribution in [0.25, 0.3) is 22.6 Å². The van der Waals surface area contributed by atoms with Gasteiger partial charge in [0.15, 0.2) is 11.5 Å². The number of rotatable bonds is 3. The highest BCUT2D eigenvalue weighted by Gasteiger charge is 2.13. The number of aromatic nitrogens is 7. The SMILES string of the molecule is Cc1nc(-c2nccn2Cc2[nH]nc3ncccc23)cn1C.Cl. The standard InChI is InChI=1S/C15H15N7.ClH/c1-10-18-13(8-21(10)2)15-17-6-7-22(15)9-12-11-4-3-5-16-14(11)20-19-12;/h3-8H,9H2,1-2H3,(H,16,19,20);1H. The molecule has 0 aliphatic heterocycles. The first-order valence-corrected chi connectivity index (χ1v) is 7.02. The van der Waals surface area contributed by atoms with Gasteiger partial charge in [-0.05, 0) is 19.1 Å². The van der Waals surface area contributed by atoms with Crippen LogP contribution in [-0.4, -0.2) is 34.3 Å². The van der Waals surface area contributed by atoms with Crippen molar-refractivity contribution in [2.24, 2.45) is 7.05 Å². The molecule has 0 bridgehead atoms. The summed E-state index contributed by atoms with van der Waals surface area (Å²) in [6.07, 6.45) is 7.46. The van der Waals surface area contributed by atoms with Crippen molar-refractivity contribution in [1.82, 2.24) is 34.3 Å². The van der Waals surface area contributed by atoms with Gasteiger partial charge in [0.2, 0.25) is 0 Å². The van der Waals surface area contributed by atoms with E-state index < -0.39 is 0 Å². The molecule has 0 unspecified atom stereocenters. The van der Waals surface area contributed by atoms with E-state index in [-0.39, 0.29) is 12.4 Å². The van der Waals surface area contributed by atoms with Crippen molar-refractivity contribution in [3.63, 3.8) is 0 Å². The zero-order valence-corrected chi connectivity index (χ0v) is 13.6. The van der Waals surface area contributed by atoms with Crippen LogP contribution >= 0.6 is 12.4 Å². The van der Waals surface area contributed by atoms with Gasteiger partial charge in [-0.25, -0.2) is 15.0 Å². The molecule has 4 rings (SSSR count). The van der Waals surface area contributed by atoms with E-state index >= 15 is 0 Å². The number of hydrogen-bond acceptors (Lipinski definition) is 4. The normalized spacial score (nSPS) is 10.9. The lowest BCUT2D eigenvalue weighted by Crippen LogP contribution is -2.02. The summed E-state index contributed by atoms with van der Waals surface area (Å²) in [6.45, 7) is 2.62. The third-order valence-electron chi connectivity index (χ3n) is 3.79. The molecule has 0 aliphatic carbocycles. The Morgan fingerprint density at radius 3 is 2.87 bits per heavy atom. The van der Waals surface area contributed by atoms with Gasteiger partial charge in [-0.3, -0.25) is 5.10 Å². The highest BCUT2D eigenvalue weighted by atomic mass is 35.5. The minimum atomic E-state index is 0. The largest absolute Gasteiger partial charge is 0.337 e. The summed E-state index contributed by atoms with van der Waals surface area (Å²) in [5.41, 5.74) is 2.61. The van der Waals surface area contributed by atoms with Gasteiger partial charge in [0.1, 0.15) is 11.5 Å². The number of imidazole rings is 2. The minimum absolute atomic E-state index is 0. The Bertz CT molecular complexity index is 930. The Balaban J connectivity index is 0.00000156. The van der Waals surface area contributed by atoms with Crippen LogP contribution < -0.4 is 0 Å². The van der Waals surface area contributed by atoms with Crippen LogP contribution in [0.4, 0.5) is 0 Å². The molecule has 118 valence electrons. The van der Waals surface area contributed by atoms with Gasteiger partial charge in [-0.2, -0.15) is 5.10 Å². The monoisotopic (exact) mass is 329 g/mol. The van der Waals surface area contributed by atoms with Crippen LogP contribution in [0.5, 0.6) is 0 Å². The Kier molecular flexibility index (Phi) is 3.87. The molecule has 8 heteroatoms. The van der Waals surface area contributed by atoms with Gasteiger partial charge in [0, 0.05) is 37.2 Å². The molecular weight excluding hydrogens is 314 g/mol. The first-order chi connectivity index (χ1) is 10.7. The molecule has 4 aromatic heterocycles. The second kappa shape index (κ2) is 5.85. The molecule has 23 heavy (non-hydrogen) atoms. The van der Waals surface area contributed by atoms with E-state index in [1.165, 1.54) is 0 Å². The molecule has 4 aromatic rings. The molecule has 0 saturated heterocycles. The third-order valence-corrected chi connectivity index (χ3v) is 3.79. The fraction of sp³-hybridized carbons (Fsp3) is 0.200. The number of pyridine rings is 1. The van der Waals surface area contributed by atoms with Crippen LogP contribution in [-0.2, 0) is 13.6 Å². The number of fused-ring (bicyclic) bond motifs is 1. The Morgan fingerprint density at radius 1 is 1.22 bits per heavy atom. The topological polar surface area (TPSA) is 77.2 Å². The molecular formula is C15H16ClN7. The van der Waals surface area contributed by atoms with E-state index in [1.807, 2.05) is 43.1 Å². The number of hydrogen-bond donors (Lipinski definition) is 1. The smallest absolute Gasteiger partial charge is 0.181 e. The van der Waals surface area contributed by atoms with E-state index in [0.29, 0.717) is 6.54 Å². The van der Waals surface area contributed by atoms with Crippen molar-refractivity contribution in [2.75, 3.05) is 0 Å². The summed E-state index contributed by atoms with van der Waals surface area (Å²) in [6, 6.07) is 3.93. The molecule has 0 spiro atoms. The maximum absolute atomic E-state index is 4.55. The fourth-order valence-electron chi connectivity index (χ4n) is 2.53. The molecule has 0 radical (unpaired) electrons. The van der Waals surface area contributed by atoms with Crippen LogP contribution in [0.15, 0.2) is 36.9 Å². The molecule has 0 amide bonds. The number of nitrogens with zero attached hydrogens (tertiary/aromatic N) is 6. The highest BCUT2D eigenvalue weighted by Crippen LogP contribution is 2.19. The van der Waals surface area contributed by atoms with Crippen molar-refractivity contribution >= 4 is 23.4 Å². The van der Waals surface area contributed by atoms with E-state index in [1.54, 1.807) is 12.4 Å². The molecule has 0 fully saturated rings. The third kappa shape index (κ3) is 2.59. The number of aryl methyl sites for hydroxylation is 2. The zero-order valence-electron chi connectivity index (χ0n) is 12.8. The maximum atomic E-state index is 4.55. The predicted molar refractivity (Wildman–Crippen MR) is 89.4 cm³/mol. The van der Waals surface area contributed by atoms with Gasteiger partial charge in [0.25, 0.3) is 0 Å². The summed E-state index contributed by atoms with van der Waals surface area (Å²) in [4.78, 5) is 13.2. The molecule has 1 N–H and O–H groups in total. The van der Waals surface area contributed by atoms with Gasteiger partial charge in [-0.15, -0.1) is 12.4 Å². The average molecular weight is 330 g/mol. The van der Waals surface area contributed by atoms with Crippen molar-refractivity contribution in [3.05, 3.63) is 48.4 Å². The van der Waals surface area contributed by atoms with Gasteiger partial charge in [-0.1, -0.05) is 0 Å².